The highest BCUT2D eigenvalue weighted by atomic mass is 32.2. The van der Waals surface area contributed by atoms with Crippen molar-refractivity contribution in [3.8, 4) is 17.2 Å². The van der Waals surface area contributed by atoms with Crippen molar-refractivity contribution < 1.29 is 27.4 Å². The second-order valence-corrected chi connectivity index (χ2v) is 6.94. The van der Waals surface area contributed by atoms with Crippen LogP contribution in [-0.2, 0) is 15.8 Å². The number of sulfonamides is 1. The van der Waals surface area contributed by atoms with E-state index in [1.165, 1.54) is 33.5 Å². The molecule has 0 bridgehead atoms. The van der Waals surface area contributed by atoms with Crippen LogP contribution in [0.3, 0.4) is 0 Å². The highest BCUT2D eigenvalue weighted by Crippen LogP contribution is 2.38. The molecule has 0 aliphatic rings. The fourth-order valence-corrected chi connectivity index (χ4v) is 3.19. The molecule has 0 saturated carbocycles. The number of amides is 1. The van der Waals surface area contributed by atoms with Crippen LogP contribution >= 0.6 is 0 Å². The molecule has 0 unspecified atom stereocenters. The predicted molar refractivity (Wildman–Crippen MR) is 95.8 cm³/mol. The molecule has 2 N–H and O–H groups in total. The number of methoxy groups -OCH3 is 3. The summed E-state index contributed by atoms with van der Waals surface area (Å²) in [4.78, 5) is 14.4. The van der Waals surface area contributed by atoms with E-state index in [1.807, 2.05) is 0 Å². The molecule has 2 aromatic rings. The van der Waals surface area contributed by atoms with Crippen LogP contribution < -0.4 is 24.5 Å². The van der Waals surface area contributed by atoms with E-state index in [0.717, 1.165) is 0 Å². The molecule has 1 amide bonds. The van der Waals surface area contributed by atoms with Crippen LogP contribution in [0.2, 0.25) is 0 Å². The molecule has 0 aliphatic carbocycles. The maximum atomic E-state index is 12.3. The van der Waals surface area contributed by atoms with E-state index in [4.69, 9.17) is 14.2 Å². The lowest BCUT2D eigenvalue weighted by atomic mass is 10.1. The first-order valence-electron chi connectivity index (χ1n) is 7.54. The van der Waals surface area contributed by atoms with Crippen molar-refractivity contribution in [2.75, 3.05) is 21.3 Å². The van der Waals surface area contributed by atoms with Crippen LogP contribution in [0.15, 0.2) is 42.5 Å². The fourth-order valence-electron chi connectivity index (χ4n) is 2.24. The van der Waals surface area contributed by atoms with Crippen LogP contribution in [-0.4, -0.2) is 35.7 Å². The van der Waals surface area contributed by atoms with Gasteiger partial charge in [0, 0.05) is 5.56 Å². The number of carbonyl (C=O) groups excluding carboxylic acids is 1. The molecule has 2 aromatic carbocycles. The molecule has 9 heteroatoms. The largest absolute Gasteiger partial charge is 0.493 e. The number of hydrogen-bond donors (Lipinski definition) is 2. The number of benzene rings is 2. The van der Waals surface area contributed by atoms with Gasteiger partial charge in [0.1, 0.15) is 0 Å². The summed E-state index contributed by atoms with van der Waals surface area (Å²) in [5.41, 5.74) is 2.91. The third kappa shape index (κ3) is 4.87. The Morgan fingerprint density at radius 1 is 0.962 bits per heavy atom. The summed E-state index contributed by atoms with van der Waals surface area (Å²) < 4.78 is 39.7. The highest BCUT2D eigenvalue weighted by molar-refractivity contribution is 7.88. The lowest BCUT2D eigenvalue weighted by Gasteiger charge is -2.14. The Morgan fingerprint density at radius 3 is 2.04 bits per heavy atom. The molecule has 0 spiro atoms. The van der Waals surface area contributed by atoms with Crippen LogP contribution in [0.5, 0.6) is 17.2 Å². The quantitative estimate of drug-likeness (QED) is 0.673. The predicted octanol–water partition coefficient (Wildman–Crippen LogP) is 1.48. The van der Waals surface area contributed by atoms with Crippen molar-refractivity contribution in [2.45, 2.75) is 5.75 Å². The number of rotatable bonds is 8. The van der Waals surface area contributed by atoms with Gasteiger partial charge >= 0.3 is 0 Å². The van der Waals surface area contributed by atoms with E-state index in [9.17, 15) is 13.2 Å². The molecule has 140 valence electrons. The van der Waals surface area contributed by atoms with Crippen LogP contribution in [0.4, 0.5) is 0 Å². The standard InChI is InChI=1S/C17H20N2O6S/c1-23-14-9-13(10-15(24-2)16(14)25-3)17(20)18-19-26(21,22)11-12-7-5-4-6-8-12/h4-10,19H,11H2,1-3H3,(H,18,20). The zero-order valence-electron chi connectivity index (χ0n) is 14.6. The van der Waals surface area contributed by atoms with E-state index in [0.29, 0.717) is 11.3 Å². The first-order chi connectivity index (χ1) is 12.4. The molecule has 0 aliphatic heterocycles. The van der Waals surface area contributed by atoms with Gasteiger partial charge in [-0.05, 0) is 17.7 Å². The lowest BCUT2D eigenvalue weighted by Crippen LogP contribution is -2.42. The second-order valence-electron chi connectivity index (χ2n) is 5.21. The monoisotopic (exact) mass is 380 g/mol. The first kappa shape index (κ1) is 19.5. The van der Waals surface area contributed by atoms with Gasteiger partial charge in [-0.25, -0.2) is 8.42 Å². The number of hydrogen-bond acceptors (Lipinski definition) is 6. The second kappa shape index (κ2) is 8.54. The topological polar surface area (TPSA) is 103 Å². The smallest absolute Gasteiger partial charge is 0.266 e. The van der Waals surface area contributed by atoms with Crippen molar-refractivity contribution in [1.82, 2.24) is 10.3 Å². The zero-order valence-corrected chi connectivity index (χ0v) is 15.4. The number of hydrazine groups is 1. The first-order valence-corrected chi connectivity index (χ1v) is 9.19. The zero-order chi connectivity index (χ0) is 19.2. The normalized spacial score (nSPS) is 10.9. The van der Waals surface area contributed by atoms with Gasteiger partial charge < -0.3 is 14.2 Å². The maximum Gasteiger partial charge on any atom is 0.266 e. The van der Waals surface area contributed by atoms with E-state index >= 15 is 0 Å². The Balaban J connectivity index is 2.12. The summed E-state index contributed by atoms with van der Waals surface area (Å²) in [7, 11) is 0.528. The Morgan fingerprint density at radius 2 is 1.54 bits per heavy atom. The Labute approximate surface area is 152 Å². The van der Waals surface area contributed by atoms with Crippen molar-refractivity contribution in [1.29, 1.82) is 0 Å². The van der Waals surface area contributed by atoms with E-state index in [2.05, 4.69) is 10.3 Å². The average molecular weight is 380 g/mol. The van der Waals surface area contributed by atoms with Gasteiger partial charge in [0.25, 0.3) is 5.91 Å². The fraction of sp³-hybridized carbons (Fsp3) is 0.235. The molecule has 2 rings (SSSR count). The van der Waals surface area contributed by atoms with Crippen molar-refractivity contribution in [2.24, 2.45) is 0 Å². The van der Waals surface area contributed by atoms with Crippen molar-refractivity contribution >= 4 is 15.9 Å². The minimum absolute atomic E-state index is 0.141. The minimum Gasteiger partial charge on any atom is -0.493 e. The highest BCUT2D eigenvalue weighted by Gasteiger charge is 2.18. The SMILES string of the molecule is COc1cc(C(=O)NNS(=O)(=O)Cc2ccccc2)cc(OC)c1OC. The van der Waals surface area contributed by atoms with Crippen LogP contribution in [0.25, 0.3) is 0 Å². The minimum atomic E-state index is -3.75. The third-order valence-electron chi connectivity index (χ3n) is 3.45. The molecule has 0 saturated heterocycles. The summed E-state index contributed by atoms with van der Waals surface area (Å²) in [6.07, 6.45) is 0. The van der Waals surface area contributed by atoms with Gasteiger partial charge in [-0.3, -0.25) is 10.2 Å². The molecule has 0 radical (unpaired) electrons. The van der Waals surface area contributed by atoms with Gasteiger partial charge in [-0.15, -0.1) is 4.83 Å². The summed E-state index contributed by atoms with van der Waals surface area (Å²) in [5, 5.41) is 0. The van der Waals surface area contributed by atoms with Crippen LogP contribution in [0, 0.1) is 0 Å². The Kier molecular flexibility index (Phi) is 6.42. The third-order valence-corrected chi connectivity index (χ3v) is 4.57. The number of carbonyl (C=O) groups is 1. The van der Waals surface area contributed by atoms with Gasteiger partial charge in [0.15, 0.2) is 11.5 Å². The Hall–Kier alpha value is -2.78. The van der Waals surface area contributed by atoms with Gasteiger partial charge in [0.05, 0.1) is 27.1 Å². The molecular formula is C17H20N2O6S. The molecule has 0 atom stereocenters. The molecular weight excluding hydrogens is 360 g/mol. The average Bonchev–Trinajstić information content (AvgIpc) is 2.65. The molecule has 0 heterocycles. The van der Waals surface area contributed by atoms with E-state index in [1.54, 1.807) is 30.3 Å². The summed E-state index contributed by atoms with van der Waals surface area (Å²) in [6, 6.07) is 11.5. The summed E-state index contributed by atoms with van der Waals surface area (Å²) >= 11 is 0. The molecule has 0 aromatic heterocycles. The lowest BCUT2D eigenvalue weighted by molar-refractivity contribution is 0.0944. The summed E-state index contributed by atoms with van der Waals surface area (Å²) in [5.74, 6) is -0.0333. The van der Waals surface area contributed by atoms with E-state index < -0.39 is 15.9 Å². The molecule has 26 heavy (non-hydrogen) atoms. The Bertz CT molecular complexity index is 843. The number of ether oxygens (including phenoxy) is 3. The van der Waals surface area contributed by atoms with Crippen molar-refractivity contribution in [3.05, 3.63) is 53.6 Å². The molecule has 8 nitrogen and oxygen atoms in total. The van der Waals surface area contributed by atoms with Gasteiger partial charge in [0.2, 0.25) is 15.8 Å². The van der Waals surface area contributed by atoms with Gasteiger partial charge in [-0.2, -0.15) is 0 Å². The van der Waals surface area contributed by atoms with Crippen LogP contribution in [0.1, 0.15) is 15.9 Å². The van der Waals surface area contributed by atoms with E-state index in [-0.39, 0.29) is 22.8 Å². The number of nitrogens with one attached hydrogen (secondary N) is 2. The maximum absolute atomic E-state index is 12.3. The summed E-state index contributed by atoms with van der Waals surface area (Å²) in [6.45, 7) is 0. The molecule has 0 fully saturated rings. The van der Waals surface area contributed by atoms with Gasteiger partial charge in [-0.1, -0.05) is 30.3 Å². The van der Waals surface area contributed by atoms with Crippen molar-refractivity contribution in [3.63, 3.8) is 0 Å².